The quantitative estimate of drug-likeness (QED) is 0.913. The average Bonchev–Trinajstić information content (AvgIpc) is 2.96. The number of para-hydroxylation sites is 1. The molecule has 0 saturated carbocycles. The highest BCUT2D eigenvalue weighted by Gasteiger charge is 2.36. The van der Waals surface area contributed by atoms with Crippen molar-refractivity contribution in [1.82, 2.24) is 0 Å². The molecule has 2 aromatic carbocycles. The van der Waals surface area contributed by atoms with Crippen LogP contribution in [-0.2, 0) is 9.59 Å². The Balaban J connectivity index is 1.75. The number of benzene rings is 2. The molecule has 25 heavy (non-hydrogen) atoms. The van der Waals surface area contributed by atoms with Gasteiger partial charge in [0.1, 0.15) is 0 Å². The zero-order valence-corrected chi connectivity index (χ0v) is 15.0. The maximum Gasteiger partial charge on any atom is 0.229 e. The summed E-state index contributed by atoms with van der Waals surface area (Å²) in [5, 5.41) is 2.94. The number of amides is 2. The Bertz CT molecular complexity index is 798. The molecule has 1 heterocycles. The van der Waals surface area contributed by atoms with Gasteiger partial charge in [0, 0.05) is 24.3 Å². The molecule has 0 aromatic heterocycles. The van der Waals surface area contributed by atoms with Gasteiger partial charge in [-0.1, -0.05) is 44.2 Å². The molecule has 2 aromatic rings. The molecular weight excluding hydrogens is 312 g/mol. The van der Waals surface area contributed by atoms with Crippen molar-refractivity contribution in [3.8, 4) is 0 Å². The number of aryl methyl sites for hydroxylation is 1. The monoisotopic (exact) mass is 336 g/mol. The predicted octanol–water partition coefficient (Wildman–Crippen LogP) is 4.11. The maximum absolute atomic E-state index is 12.6. The Morgan fingerprint density at radius 1 is 1.16 bits per heavy atom. The fraction of sp³-hybridized carbons (Fsp3) is 0.333. The van der Waals surface area contributed by atoms with Crippen LogP contribution in [-0.4, -0.2) is 18.4 Å². The standard InChI is InChI=1S/C21H24N2O2/c1-14(2)18-9-4-5-10-19(18)23-13-16(12-20(23)24)21(25)22-17-8-6-7-15(3)11-17/h4-11,14,16H,12-13H2,1-3H3,(H,22,25). The fourth-order valence-corrected chi connectivity index (χ4v) is 3.30. The Labute approximate surface area is 148 Å². The molecule has 3 rings (SSSR count). The number of carbonyl (C=O) groups is 2. The summed E-state index contributed by atoms with van der Waals surface area (Å²) < 4.78 is 0. The summed E-state index contributed by atoms with van der Waals surface area (Å²) in [4.78, 5) is 26.9. The molecule has 1 atom stereocenters. The van der Waals surface area contributed by atoms with Gasteiger partial charge in [0.25, 0.3) is 0 Å². The molecule has 4 heteroatoms. The molecule has 130 valence electrons. The zero-order chi connectivity index (χ0) is 18.0. The van der Waals surface area contributed by atoms with Gasteiger partial charge in [-0.3, -0.25) is 9.59 Å². The third-order valence-electron chi connectivity index (χ3n) is 4.63. The summed E-state index contributed by atoms with van der Waals surface area (Å²) in [6, 6.07) is 15.6. The lowest BCUT2D eigenvalue weighted by Gasteiger charge is -2.22. The van der Waals surface area contributed by atoms with E-state index in [9.17, 15) is 9.59 Å². The van der Waals surface area contributed by atoms with Gasteiger partial charge in [0.05, 0.1) is 5.92 Å². The van der Waals surface area contributed by atoms with Crippen molar-refractivity contribution in [2.75, 3.05) is 16.8 Å². The van der Waals surface area contributed by atoms with E-state index in [4.69, 9.17) is 0 Å². The van der Waals surface area contributed by atoms with Crippen LogP contribution in [0, 0.1) is 12.8 Å². The van der Waals surface area contributed by atoms with E-state index in [1.165, 1.54) is 0 Å². The Morgan fingerprint density at radius 3 is 2.64 bits per heavy atom. The van der Waals surface area contributed by atoms with Crippen molar-refractivity contribution in [1.29, 1.82) is 0 Å². The third-order valence-corrected chi connectivity index (χ3v) is 4.63. The summed E-state index contributed by atoms with van der Waals surface area (Å²) in [6.45, 7) is 6.64. The lowest BCUT2D eigenvalue weighted by atomic mass is 10.0. The van der Waals surface area contributed by atoms with E-state index in [1.54, 1.807) is 4.90 Å². The number of rotatable bonds is 4. The first-order valence-electron chi connectivity index (χ1n) is 8.72. The van der Waals surface area contributed by atoms with E-state index < -0.39 is 0 Å². The van der Waals surface area contributed by atoms with Crippen LogP contribution in [0.15, 0.2) is 48.5 Å². The molecule has 1 aliphatic rings. The Hall–Kier alpha value is -2.62. The van der Waals surface area contributed by atoms with E-state index in [1.807, 2.05) is 55.5 Å². The van der Waals surface area contributed by atoms with Crippen LogP contribution in [0.2, 0.25) is 0 Å². The van der Waals surface area contributed by atoms with Gasteiger partial charge in [-0.05, 0) is 42.2 Å². The number of nitrogens with one attached hydrogen (secondary N) is 1. The second-order valence-corrected chi connectivity index (χ2v) is 6.98. The van der Waals surface area contributed by atoms with Crippen LogP contribution in [0.25, 0.3) is 0 Å². The SMILES string of the molecule is Cc1cccc(NC(=O)C2CC(=O)N(c3ccccc3C(C)C)C2)c1. The number of hydrogen-bond donors (Lipinski definition) is 1. The van der Waals surface area contributed by atoms with Gasteiger partial charge in [-0.2, -0.15) is 0 Å². The number of hydrogen-bond acceptors (Lipinski definition) is 2. The van der Waals surface area contributed by atoms with Crippen molar-refractivity contribution in [3.63, 3.8) is 0 Å². The van der Waals surface area contributed by atoms with Crippen LogP contribution in [0.1, 0.15) is 37.3 Å². The van der Waals surface area contributed by atoms with Crippen LogP contribution in [0.5, 0.6) is 0 Å². The summed E-state index contributed by atoms with van der Waals surface area (Å²) in [6.07, 6.45) is 0.254. The second-order valence-electron chi connectivity index (χ2n) is 6.98. The first kappa shape index (κ1) is 17.2. The molecule has 1 fully saturated rings. The van der Waals surface area contributed by atoms with Gasteiger partial charge < -0.3 is 10.2 Å². The topological polar surface area (TPSA) is 49.4 Å². The molecule has 1 unspecified atom stereocenters. The molecule has 0 radical (unpaired) electrons. The van der Waals surface area contributed by atoms with Crippen LogP contribution < -0.4 is 10.2 Å². The van der Waals surface area contributed by atoms with E-state index in [0.717, 1.165) is 22.5 Å². The molecule has 4 nitrogen and oxygen atoms in total. The number of nitrogens with zero attached hydrogens (tertiary/aromatic N) is 1. The molecule has 0 spiro atoms. The average molecular weight is 336 g/mol. The minimum Gasteiger partial charge on any atom is -0.326 e. The number of carbonyl (C=O) groups excluding carboxylic acids is 2. The highest BCUT2D eigenvalue weighted by atomic mass is 16.2. The van der Waals surface area contributed by atoms with E-state index >= 15 is 0 Å². The molecule has 1 N–H and O–H groups in total. The van der Waals surface area contributed by atoms with Gasteiger partial charge in [-0.15, -0.1) is 0 Å². The van der Waals surface area contributed by atoms with Gasteiger partial charge in [-0.25, -0.2) is 0 Å². The highest BCUT2D eigenvalue weighted by molar-refractivity contribution is 6.03. The molecular formula is C21H24N2O2. The van der Waals surface area contributed by atoms with Crippen LogP contribution >= 0.6 is 0 Å². The lowest BCUT2D eigenvalue weighted by Crippen LogP contribution is -2.29. The smallest absolute Gasteiger partial charge is 0.229 e. The lowest BCUT2D eigenvalue weighted by molar-refractivity contribution is -0.122. The van der Waals surface area contributed by atoms with Gasteiger partial charge in [0.15, 0.2) is 0 Å². The fourth-order valence-electron chi connectivity index (χ4n) is 3.30. The summed E-state index contributed by atoms with van der Waals surface area (Å²) >= 11 is 0. The van der Waals surface area contributed by atoms with E-state index in [0.29, 0.717) is 12.5 Å². The van der Waals surface area contributed by atoms with Crippen molar-refractivity contribution in [2.45, 2.75) is 33.1 Å². The van der Waals surface area contributed by atoms with Crippen molar-refractivity contribution in [2.24, 2.45) is 5.92 Å². The Morgan fingerprint density at radius 2 is 1.92 bits per heavy atom. The van der Waals surface area contributed by atoms with E-state index in [-0.39, 0.29) is 24.2 Å². The predicted molar refractivity (Wildman–Crippen MR) is 101 cm³/mol. The number of anilines is 2. The van der Waals surface area contributed by atoms with Crippen molar-refractivity contribution in [3.05, 3.63) is 59.7 Å². The Kier molecular flexibility index (Phi) is 4.88. The summed E-state index contributed by atoms with van der Waals surface area (Å²) in [7, 11) is 0. The summed E-state index contributed by atoms with van der Waals surface area (Å²) in [5.74, 6) is -0.0848. The summed E-state index contributed by atoms with van der Waals surface area (Å²) in [5.41, 5.74) is 3.93. The highest BCUT2D eigenvalue weighted by Crippen LogP contribution is 2.32. The molecule has 1 aliphatic heterocycles. The zero-order valence-electron chi connectivity index (χ0n) is 15.0. The molecule has 0 bridgehead atoms. The maximum atomic E-state index is 12.6. The second kappa shape index (κ2) is 7.09. The van der Waals surface area contributed by atoms with Gasteiger partial charge >= 0.3 is 0 Å². The molecule has 1 saturated heterocycles. The van der Waals surface area contributed by atoms with Crippen molar-refractivity contribution < 1.29 is 9.59 Å². The largest absolute Gasteiger partial charge is 0.326 e. The normalized spacial score (nSPS) is 17.2. The van der Waals surface area contributed by atoms with Crippen molar-refractivity contribution >= 4 is 23.2 Å². The van der Waals surface area contributed by atoms with Crippen LogP contribution in [0.4, 0.5) is 11.4 Å². The van der Waals surface area contributed by atoms with Crippen LogP contribution in [0.3, 0.4) is 0 Å². The molecule has 0 aliphatic carbocycles. The minimum absolute atomic E-state index is 0.0116. The van der Waals surface area contributed by atoms with E-state index in [2.05, 4.69) is 19.2 Å². The minimum atomic E-state index is -0.326. The third kappa shape index (κ3) is 3.73. The first-order valence-corrected chi connectivity index (χ1v) is 8.72. The first-order chi connectivity index (χ1) is 12.0. The molecule has 2 amide bonds. The van der Waals surface area contributed by atoms with Gasteiger partial charge in [0.2, 0.25) is 11.8 Å².